The molecular formula is C8H15F2N. The van der Waals surface area contributed by atoms with E-state index in [1.54, 1.807) is 0 Å². The lowest BCUT2D eigenvalue weighted by molar-refractivity contribution is 0.0771. The SMILES string of the molecule is CC(C)(C)CC1(N)CC1(F)F. The van der Waals surface area contributed by atoms with Crippen molar-refractivity contribution in [1.82, 2.24) is 0 Å². The van der Waals surface area contributed by atoms with Crippen LogP contribution < -0.4 is 5.73 Å². The maximum Gasteiger partial charge on any atom is 0.267 e. The first-order valence-electron chi connectivity index (χ1n) is 3.83. The highest BCUT2D eigenvalue weighted by molar-refractivity contribution is 5.16. The molecule has 3 heteroatoms. The largest absolute Gasteiger partial charge is 0.320 e. The van der Waals surface area contributed by atoms with E-state index in [1.807, 2.05) is 20.8 Å². The zero-order valence-electron chi connectivity index (χ0n) is 7.25. The van der Waals surface area contributed by atoms with Gasteiger partial charge in [0.15, 0.2) is 0 Å². The third kappa shape index (κ3) is 1.70. The van der Waals surface area contributed by atoms with Gasteiger partial charge in [-0.05, 0) is 11.8 Å². The lowest BCUT2D eigenvalue weighted by Gasteiger charge is -2.22. The molecule has 1 nitrogen and oxygen atoms in total. The van der Waals surface area contributed by atoms with E-state index in [9.17, 15) is 8.78 Å². The molecule has 0 aromatic heterocycles. The highest BCUT2D eigenvalue weighted by atomic mass is 19.3. The zero-order valence-corrected chi connectivity index (χ0v) is 7.25. The summed E-state index contributed by atoms with van der Waals surface area (Å²) in [5.74, 6) is -2.61. The van der Waals surface area contributed by atoms with Gasteiger partial charge in [-0.15, -0.1) is 0 Å². The first-order valence-corrected chi connectivity index (χ1v) is 3.83. The summed E-state index contributed by atoms with van der Waals surface area (Å²) in [6.07, 6.45) is 0.254. The minimum Gasteiger partial charge on any atom is -0.320 e. The molecule has 0 radical (unpaired) electrons. The van der Waals surface area contributed by atoms with Crippen molar-refractivity contribution in [2.45, 2.75) is 45.1 Å². The number of alkyl halides is 2. The molecule has 1 saturated carbocycles. The van der Waals surface area contributed by atoms with Crippen molar-refractivity contribution < 1.29 is 8.78 Å². The molecule has 0 aromatic carbocycles. The second-order valence-corrected chi connectivity index (χ2v) is 4.77. The number of halogens is 2. The quantitative estimate of drug-likeness (QED) is 0.629. The molecule has 0 heterocycles. The van der Waals surface area contributed by atoms with Crippen LogP contribution in [0.15, 0.2) is 0 Å². The van der Waals surface area contributed by atoms with Gasteiger partial charge in [0.2, 0.25) is 0 Å². The van der Waals surface area contributed by atoms with E-state index in [4.69, 9.17) is 5.73 Å². The molecule has 0 saturated heterocycles. The second-order valence-electron chi connectivity index (χ2n) is 4.77. The zero-order chi connectivity index (χ0) is 8.91. The van der Waals surface area contributed by atoms with Crippen LogP contribution >= 0.6 is 0 Å². The Hall–Kier alpha value is -0.180. The maximum absolute atomic E-state index is 12.6. The van der Waals surface area contributed by atoms with E-state index in [2.05, 4.69) is 0 Å². The van der Waals surface area contributed by atoms with Crippen molar-refractivity contribution in [2.75, 3.05) is 0 Å². The Bertz CT molecular complexity index is 171. The van der Waals surface area contributed by atoms with E-state index < -0.39 is 11.5 Å². The third-order valence-electron chi connectivity index (χ3n) is 1.99. The second kappa shape index (κ2) is 1.94. The van der Waals surface area contributed by atoms with Crippen LogP contribution in [0.25, 0.3) is 0 Å². The average Bonchev–Trinajstić information content (AvgIpc) is 1.96. The molecular weight excluding hydrogens is 148 g/mol. The first kappa shape index (κ1) is 8.91. The van der Waals surface area contributed by atoms with E-state index in [0.29, 0.717) is 6.42 Å². The summed E-state index contributed by atoms with van der Waals surface area (Å²) in [6.45, 7) is 5.78. The van der Waals surface area contributed by atoms with Gasteiger partial charge < -0.3 is 5.73 Å². The van der Waals surface area contributed by atoms with Crippen molar-refractivity contribution in [1.29, 1.82) is 0 Å². The van der Waals surface area contributed by atoms with Crippen molar-refractivity contribution in [3.05, 3.63) is 0 Å². The highest BCUT2D eigenvalue weighted by Gasteiger charge is 2.69. The number of hydrogen-bond acceptors (Lipinski definition) is 1. The molecule has 0 aromatic rings. The van der Waals surface area contributed by atoms with Gasteiger partial charge in [-0.25, -0.2) is 8.78 Å². The molecule has 1 atom stereocenters. The van der Waals surface area contributed by atoms with Crippen LogP contribution in [0.1, 0.15) is 33.6 Å². The average molecular weight is 163 g/mol. The molecule has 11 heavy (non-hydrogen) atoms. The summed E-state index contributed by atoms with van der Waals surface area (Å²) in [5.41, 5.74) is 4.15. The molecule has 1 rings (SSSR count). The highest BCUT2D eigenvalue weighted by Crippen LogP contribution is 2.55. The molecule has 1 unspecified atom stereocenters. The van der Waals surface area contributed by atoms with E-state index in [0.717, 1.165) is 0 Å². The van der Waals surface area contributed by atoms with Gasteiger partial charge in [-0.3, -0.25) is 0 Å². The summed E-state index contributed by atoms with van der Waals surface area (Å²) < 4.78 is 25.2. The first-order chi connectivity index (χ1) is 4.66. The van der Waals surface area contributed by atoms with Crippen molar-refractivity contribution in [3.63, 3.8) is 0 Å². The molecule has 0 aliphatic heterocycles. The fraction of sp³-hybridized carbons (Fsp3) is 1.00. The summed E-state index contributed by atoms with van der Waals surface area (Å²) >= 11 is 0. The molecule has 0 amide bonds. The van der Waals surface area contributed by atoms with Gasteiger partial charge in [0, 0.05) is 6.42 Å². The van der Waals surface area contributed by atoms with Crippen LogP contribution in [-0.2, 0) is 0 Å². The van der Waals surface area contributed by atoms with Crippen LogP contribution in [-0.4, -0.2) is 11.5 Å². The van der Waals surface area contributed by atoms with Gasteiger partial charge in [-0.2, -0.15) is 0 Å². The summed E-state index contributed by atoms with van der Waals surface area (Å²) in [4.78, 5) is 0. The van der Waals surface area contributed by atoms with Crippen LogP contribution in [0.5, 0.6) is 0 Å². The summed E-state index contributed by atoms with van der Waals surface area (Å²) in [7, 11) is 0. The Morgan fingerprint density at radius 3 is 1.82 bits per heavy atom. The Kier molecular flexibility index (Phi) is 1.58. The number of nitrogens with two attached hydrogens (primary N) is 1. The third-order valence-corrected chi connectivity index (χ3v) is 1.99. The van der Waals surface area contributed by atoms with Crippen LogP contribution in [0, 0.1) is 5.41 Å². The Labute approximate surface area is 66.0 Å². The number of hydrogen-bond donors (Lipinski definition) is 1. The minimum atomic E-state index is -2.61. The molecule has 1 aliphatic rings. The van der Waals surface area contributed by atoms with Crippen molar-refractivity contribution in [3.8, 4) is 0 Å². The van der Waals surface area contributed by atoms with Crippen LogP contribution in [0.4, 0.5) is 8.78 Å². The molecule has 2 N–H and O–H groups in total. The van der Waals surface area contributed by atoms with Gasteiger partial charge in [0.05, 0.1) is 5.54 Å². The Morgan fingerprint density at radius 2 is 1.73 bits per heavy atom. The molecule has 0 spiro atoms. The Balaban J connectivity index is 2.54. The van der Waals surface area contributed by atoms with Crippen LogP contribution in [0.2, 0.25) is 0 Å². The summed E-state index contributed by atoms with van der Waals surface area (Å²) in [5, 5.41) is 0. The molecule has 1 fully saturated rings. The molecule has 1 aliphatic carbocycles. The van der Waals surface area contributed by atoms with Gasteiger partial charge in [-0.1, -0.05) is 20.8 Å². The van der Waals surface area contributed by atoms with Crippen molar-refractivity contribution in [2.24, 2.45) is 11.1 Å². The smallest absolute Gasteiger partial charge is 0.267 e. The standard InChI is InChI=1S/C8H15F2N/c1-6(2,3)4-7(11)5-8(7,9)10/h4-5,11H2,1-3H3. The monoisotopic (exact) mass is 163 g/mol. The summed E-state index contributed by atoms with van der Waals surface area (Å²) in [6, 6.07) is 0. The lowest BCUT2D eigenvalue weighted by Crippen LogP contribution is -2.34. The topological polar surface area (TPSA) is 26.0 Å². The number of rotatable bonds is 1. The molecule has 66 valence electrons. The van der Waals surface area contributed by atoms with Gasteiger partial charge in [0.1, 0.15) is 0 Å². The Morgan fingerprint density at radius 1 is 1.36 bits per heavy atom. The maximum atomic E-state index is 12.6. The fourth-order valence-corrected chi connectivity index (χ4v) is 1.49. The van der Waals surface area contributed by atoms with Crippen molar-refractivity contribution >= 4 is 0 Å². The van der Waals surface area contributed by atoms with E-state index in [-0.39, 0.29) is 11.8 Å². The lowest BCUT2D eigenvalue weighted by atomic mass is 9.87. The minimum absolute atomic E-state index is 0.103. The predicted molar refractivity (Wildman–Crippen MR) is 40.6 cm³/mol. The van der Waals surface area contributed by atoms with E-state index >= 15 is 0 Å². The van der Waals surface area contributed by atoms with Crippen LogP contribution in [0.3, 0.4) is 0 Å². The van der Waals surface area contributed by atoms with Gasteiger partial charge in [0.25, 0.3) is 5.92 Å². The predicted octanol–water partition coefficient (Wildman–Crippen LogP) is 2.16. The fourth-order valence-electron chi connectivity index (χ4n) is 1.49. The molecule has 0 bridgehead atoms. The normalized spacial score (nSPS) is 35.5. The van der Waals surface area contributed by atoms with E-state index in [1.165, 1.54) is 0 Å². The van der Waals surface area contributed by atoms with Gasteiger partial charge >= 0.3 is 0 Å².